The second-order valence-corrected chi connectivity index (χ2v) is 9.50. The van der Waals surface area contributed by atoms with Crippen LogP contribution in [-0.2, 0) is 17.5 Å². The molecule has 1 aliphatic rings. The summed E-state index contributed by atoms with van der Waals surface area (Å²) >= 11 is 1.30. The maximum absolute atomic E-state index is 13.1. The average molecular weight is 494 g/mol. The van der Waals surface area contributed by atoms with Crippen molar-refractivity contribution in [2.75, 3.05) is 31.1 Å². The lowest BCUT2D eigenvalue weighted by Crippen LogP contribution is -2.52. The van der Waals surface area contributed by atoms with Crippen molar-refractivity contribution >= 4 is 32.7 Å². The van der Waals surface area contributed by atoms with Gasteiger partial charge in [0.1, 0.15) is 5.75 Å². The Bertz CT molecular complexity index is 1180. The van der Waals surface area contributed by atoms with Crippen LogP contribution in [-0.4, -0.2) is 53.2 Å². The zero-order valence-electron chi connectivity index (χ0n) is 18.9. The molecule has 1 atom stereocenters. The van der Waals surface area contributed by atoms with Crippen molar-refractivity contribution in [1.29, 1.82) is 0 Å². The van der Waals surface area contributed by atoms with E-state index < -0.39 is 17.7 Å². The number of ether oxygens (including phenoxy) is 1. The fourth-order valence-electron chi connectivity index (χ4n) is 4.26. The molecule has 2 aromatic carbocycles. The van der Waals surface area contributed by atoms with Gasteiger partial charge in [-0.2, -0.15) is 13.2 Å². The highest BCUT2D eigenvalue weighted by molar-refractivity contribution is 7.22. The molecule has 10 heteroatoms. The van der Waals surface area contributed by atoms with Crippen molar-refractivity contribution in [2.24, 2.45) is 0 Å². The summed E-state index contributed by atoms with van der Waals surface area (Å²) in [7, 11) is 0. The van der Waals surface area contributed by atoms with Gasteiger partial charge in [0.25, 0.3) is 0 Å². The van der Waals surface area contributed by atoms with E-state index in [0.717, 1.165) is 48.4 Å². The lowest BCUT2D eigenvalue weighted by Gasteiger charge is -2.41. The van der Waals surface area contributed by atoms with Crippen LogP contribution >= 0.6 is 11.3 Å². The molecule has 1 unspecified atom stereocenters. The van der Waals surface area contributed by atoms with E-state index in [4.69, 9.17) is 9.84 Å². The van der Waals surface area contributed by atoms with Crippen LogP contribution in [0.5, 0.6) is 5.75 Å². The highest BCUT2D eigenvalue weighted by Crippen LogP contribution is 2.36. The molecular weight excluding hydrogens is 467 g/mol. The van der Waals surface area contributed by atoms with Crippen molar-refractivity contribution in [1.82, 2.24) is 9.88 Å². The predicted molar refractivity (Wildman–Crippen MR) is 126 cm³/mol. The maximum Gasteiger partial charge on any atom is 0.416 e. The Morgan fingerprint density at radius 1 is 1.24 bits per heavy atom. The molecular formula is C24H26F3N3O3S. The minimum Gasteiger partial charge on any atom is -0.482 e. The summed E-state index contributed by atoms with van der Waals surface area (Å²) in [5, 5.41) is 9.61. The van der Waals surface area contributed by atoms with Crippen LogP contribution in [0.3, 0.4) is 0 Å². The van der Waals surface area contributed by atoms with Crippen LogP contribution in [0.4, 0.5) is 18.3 Å². The van der Waals surface area contributed by atoms with Crippen LogP contribution in [0.15, 0.2) is 36.4 Å². The fraction of sp³-hybridized carbons (Fsp3) is 0.417. The van der Waals surface area contributed by atoms with Crippen LogP contribution in [0.25, 0.3) is 10.2 Å². The Kier molecular flexibility index (Phi) is 6.99. The van der Waals surface area contributed by atoms with E-state index in [1.165, 1.54) is 23.5 Å². The fourth-order valence-corrected chi connectivity index (χ4v) is 5.30. The van der Waals surface area contributed by atoms with E-state index >= 15 is 0 Å². The zero-order chi connectivity index (χ0) is 24.5. The largest absolute Gasteiger partial charge is 0.482 e. The van der Waals surface area contributed by atoms with Gasteiger partial charge >= 0.3 is 12.1 Å². The van der Waals surface area contributed by atoms with Crippen molar-refractivity contribution < 1.29 is 27.8 Å². The molecule has 0 aliphatic carbocycles. The van der Waals surface area contributed by atoms with E-state index in [1.807, 2.05) is 19.1 Å². The number of aliphatic carboxylic acids is 1. The first-order valence-electron chi connectivity index (χ1n) is 11.0. The molecule has 6 nitrogen and oxygen atoms in total. The van der Waals surface area contributed by atoms with Gasteiger partial charge in [-0.25, -0.2) is 9.78 Å². The Hall–Kier alpha value is -2.85. The Labute approximate surface area is 199 Å². The number of aromatic nitrogens is 1. The SMILES string of the molecule is CCC1CN(c2nc3ccc(C(F)(F)F)cc3s2)CCN1Cc1cc(C)cc(OCC(=O)O)c1. The molecule has 2 heterocycles. The number of hydrogen-bond donors (Lipinski definition) is 1. The predicted octanol–water partition coefficient (Wildman–Crippen LogP) is 5.19. The summed E-state index contributed by atoms with van der Waals surface area (Å²) in [6.07, 6.45) is -3.46. The summed E-state index contributed by atoms with van der Waals surface area (Å²) in [5.41, 5.74) is 1.97. The van der Waals surface area contributed by atoms with E-state index in [-0.39, 0.29) is 12.6 Å². The number of carboxylic acid groups (broad SMARTS) is 1. The van der Waals surface area contributed by atoms with E-state index in [2.05, 4.69) is 27.8 Å². The molecule has 1 aliphatic heterocycles. The number of anilines is 1. The van der Waals surface area contributed by atoms with Gasteiger partial charge in [-0.3, -0.25) is 4.90 Å². The number of halogens is 3. The standard InChI is InChI=1S/C24H26F3N3O3S/c1-3-18-13-30(23-28-20-5-4-17(24(25,26)27)11-21(20)34-23)7-6-29(18)12-16-8-15(2)9-19(10-16)33-14-22(31)32/h4-5,8-11,18H,3,6-7,12-14H2,1-2H3,(H,31,32). The third kappa shape index (κ3) is 5.61. The summed E-state index contributed by atoms with van der Waals surface area (Å²) < 4.78 is 45.1. The summed E-state index contributed by atoms with van der Waals surface area (Å²) in [4.78, 5) is 19.9. The molecule has 0 bridgehead atoms. The van der Waals surface area contributed by atoms with E-state index in [9.17, 15) is 18.0 Å². The van der Waals surface area contributed by atoms with E-state index in [1.54, 1.807) is 0 Å². The van der Waals surface area contributed by atoms with Crippen molar-refractivity contribution in [2.45, 2.75) is 39.0 Å². The number of fused-ring (bicyclic) bond motifs is 1. The summed E-state index contributed by atoms with van der Waals surface area (Å²) in [6, 6.07) is 9.70. The van der Waals surface area contributed by atoms with Crippen molar-refractivity contribution in [3.05, 3.63) is 53.1 Å². The molecule has 0 radical (unpaired) electrons. The molecule has 0 amide bonds. The Morgan fingerprint density at radius 2 is 2.03 bits per heavy atom. The third-order valence-corrected chi connectivity index (χ3v) is 6.99. The lowest BCUT2D eigenvalue weighted by atomic mass is 10.1. The van der Waals surface area contributed by atoms with Gasteiger partial charge in [0.2, 0.25) is 0 Å². The molecule has 1 fully saturated rings. The van der Waals surface area contributed by atoms with Gasteiger partial charge < -0.3 is 14.7 Å². The number of carboxylic acids is 1. The van der Waals surface area contributed by atoms with Gasteiger partial charge in [-0.1, -0.05) is 24.3 Å². The molecule has 1 saturated heterocycles. The number of carbonyl (C=O) groups is 1. The molecule has 0 saturated carbocycles. The number of hydrogen-bond acceptors (Lipinski definition) is 6. The number of aryl methyl sites for hydroxylation is 1. The molecule has 0 spiro atoms. The minimum atomic E-state index is -4.37. The Balaban J connectivity index is 1.47. The molecule has 1 N–H and O–H groups in total. The summed E-state index contributed by atoms with van der Waals surface area (Å²) in [5.74, 6) is -0.480. The topological polar surface area (TPSA) is 65.9 Å². The number of piperazine rings is 1. The highest BCUT2D eigenvalue weighted by Gasteiger charge is 2.31. The zero-order valence-corrected chi connectivity index (χ0v) is 19.7. The maximum atomic E-state index is 13.1. The van der Waals surface area contributed by atoms with E-state index in [0.29, 0.717) is 22.5 Å². The number of thiazole rings is 1. The van der Waals surface area contributed by atoms with Crippen LogP contribution < -0.4 is 9.64 Å². The Morgan fingerprint density at radius 3 is 2.74 bits per heavy atom. The van der Waals surface area contributed by atoms with Gasteiger partial charge in [0, 0.05) is 32.2 Å². The molecule has 182 valence electrons. The number of rotatable bonds is 7. The molecule has 1 aromatic heterocycles. The van der Waals surface area contributed by atoms with Crippen LogP contribution in [0.1, 0.15) is 30.0 Å². The average Bonchev–Trinajstić information content (AvgIpc) is 3.20. The summed E-state index contributed by atoms with van der Waals surface area (Å²) in [6.45, 7) is 6.61. The highest BCUT2D eigenvalue weighted by atomic mass is 32.1. The van der Waals surface area contributed by atoms with Gasteiger partial charge in [-0.15, -0.1) is 0 Å². The first kappa shape index (κ1) is 24.3. The smallest absolute Gasteiger partial charge is 0.416 e. The second kappa shape index (κ2) is 9.79. The first-order chi connectivity index (χ1) is 16.1. The van der Waals surface area contributed by atoms with Crippen LogP contribution in [0.2, 0.25) is 0 Å². The molecule has 4 rings (SSSR count). The number of benzene rings is 2. The minimum absolute atomic E-state index is 0.246. The second-order valence-electron chi connectivity index (χ2n) is 8.49. The van der Waals surface area contributed by atoms with Crippen molar-refractivity contribution in [3.63, 3.8) is 0 Å². The normalized spacial score (nSPS) is 17.3. The lowest BCUT2D eigenvalue weighted by molar-refractivity contribution is -0.139. The van der Waals surface area contributed by atoms with Gasteiger partial charge in [-0.05, 0) is 54.8 Å². The number of alkyl halides is 3. The van der Waals surface area contributed by atoms with Crippen molar-refractivity contribution in [3.8, 4) is 5.75 Å². The first-order valence-corrected chi connectivity index (χ1v) is 11.9. The monoisotopic (exact) mass is 493 g/mol. The molecule has 3 aromatic rings. The molecule has 34 heavy (non-hydrogen) atoms. The van der Waals surface area contributed by atoms with Crippen LogP contribution in [0, 0.1) is 6.92 Å². The quantitative estimate of drug-likeness (QED) is 0.489. The third-order valence-electron chi connectivity index (χ3n) is 5.91. The van der Waals surface area contributed by atoms with Gasteiger partial charge in [0.15, 0.2) is 11.7 Å². The van der Waals surface area contributed by atoms with Gasteiger partial charge in [0.05, 0.1) is 15.8 Å². The number of nitrogens with zero attached hydrogens (tertiary/aromatic N) is 3.